The molecule has 1 N–H and O–H groups in total. The average molecular weight is 313 g/mol. The number of aromatic nitrogens is 2. The number of hydrogen-bond donors (Lipinski definition) is 1. The molecule has 0 aliphatic carbocycles. The third-order valence-electron chi connectivity index (χ3n) is 2.52. The van der Waals surface area contributed by atoms with Crippen molar-refractivity contribution in [2.45, 2.75) is 26.4 Å². The second kappa shape index (κ2) is 5.25. The van der Waals surface area contributed by atoms with Crippen molar-refractivity contribution in [3.8, 4) is 0 Å². The molecule has 0 bridgehead atoms. The highest BCUT2D eigenvalue weighted by Gasteiger charge is 2.14. The van der Waals surface area contributed by atoms with E-state index in [4.69, 9.17) is 0 Å². The summed E-state index contributed by atoms with van der Waals surface area (Å²) in [5.41, 5.74) is 2.48. The van der Waals surface area contributed by atoms with Crippen LogP contribution in [-0.4, -0.2) is 15.3 Å². The Balaban J connectivity index is 2.19. The van der Waals surface area contributed by atoms with Gasteiger partial charge in [0.05, 0.1) is 17.5 Å². The Hall–Kier alpha value is -0.780. The van der Waals surface area contributed by atoms with Crippen LogP contribution in [0.3, 0.4) is 0 Å². The third kappa shape index (κ3) is 3.12. The van der Waals surface area contributed by atoms with Gasteiger partial charge in [-0.1, -0.05) is 0 Å². The normalized spacial score (nSPS) is 12.7. The minimum atomic E-state index is -0.519. The van der Waals surface area contributed by atoms with Crippen LogP contribution in [-0.2, 0) is 6.42 Å². The van der Waals surface area contributed by atoms with Crippen molar-refractivity contribution >= 4 is 27.3 Å². The molecule has 3 nitrogen and oxygen atoms in total. The highest BCUT2D eigenvalue weighted by atomic mass is 79.9. The van der Waals surface area contributed by atoms with Crippen LogP contribution in [0, 0.1) is 13.8 Å². The molecule has 0 amide bonds. The first kappa shape index (κ1) is 12.7. The summed E-state index contributed by atoms with van der Waals surface area (Å²) in [5, 5.41) is 20.2. The van der Waals surface area contributed by atoms with Crippen molar-refractivity contribution in [2.75, 3.05) is 0 Å². The molecule has 90 valence electrons. The Morgan fingerprint density at radius 1 is 1.35 bits per heavy atom. The largest absolute Gasteiger partial charge is 0.388 e. The zero-order chi connectivity index (χ0) is 12.4. The van der Waals surface area contributed by atoms with E-state index in [0.717, 1.165) is 26.3 Å². The van der Waals surface area contributed by atoms with Crippen LogP contribution >= 0.6 is 27.3 Å². The van der Waals surface area contributed by atoms with E-state index >= 15 is 0 Å². The van der Waals surface area contributed by atoms with E-state index in [2.05, 4.69) is 26.1 Å². The van der Waals surface area contributed by atoms with Gasteiger partial charge in [0.25, 0.3) is 0 Å². The minimum Gasteiger partial charge on any atom is -0.388 e. The number of aliphatic hydroxyl groups excluding tert-OH is 1. The first-order valence-corrected chi connectivity index (χ1v) is 6.95. The Morgan fingerprint density at radius 3 is 2.76 bits per heavy atom. The number of aryl methyl sites for hydroxylation is 2. The Labute approximate surface area is 113 Å². The van der Waals surface area contributed by atoms with E-state index in [1.54, 1.807) is 11.3 Å². The summed E-state index contributed by atoms with van der Waals surface area (Å²) in [4.78, 5) is 1.15. The maximum atomic E-state index is 10.2. The van der Waals surface area contributed by atoms with Gasteiger partial charge in [0.2, 0.25) is 0 Å². The van der Waals surface area contributed by atoms with E-state index in [1.807, 2.05) is 31.4 Å². The lowest BCUT2D eigenvalue weighted by Gasteiger charge is -2.12. The Bertz CT molecular complexity index is 527. The van der Waals surface area contributed by atoms with Crippen LogP contribution in [0.15, 0.2) is 22.0 Å². The fourth-order valence-corrected chi connectivity index (χ4v) is 3.16. The van der Waals surface area contributed by atoms with Crippen LogP contribution in [0.25, 0.3) is 0 Å². The lowest BCUT2D eigenvalue weighted by molar-refractivity contribution is 0.178. The van der Waals surface area contributed by atoms with Crippen molar-refractivity contribution in [3.63, 3.8) is 0 Å². The van der Waals surface area contributed by atoms with Crippen molar-refractivity contribution < 1.29 is 5.11 Å². The first-order chi connectivity index (χ1) is 8.06. The quantitative estimate of drug-likeness (QED) is 0.946. The molecule has 0 saturated heterocycles. The van der Waals surface area contributed by atoms with Crippen molar-refractivity contribution in [1.29, 1.82) is 0 Å². The van der Waals surface area contributed by atoms with E-state index in [1.165, 1.54) is 0 Å². The fourth-order valence-electron chi connectivity index (χ4n) is 1.67. The molecule has 2 rings (SSSR count). The van der Waals surface area contributed by atoms with Gasteiger partial charge in [-0.3, -0.25) is 0 Å². The molecule has 0 spiro atoms. The van der Waals surface area contributed by atoms with E-state index in [-0.39, 0.29) is 0 Å². The van der Waals surface area contributed by atoms with Crippen LogP contribution in [0.1, 0.15) is 27.9 Å². The molecule has 0 fully saturated rings. The molecule has 2 aromatic heterocycles. The fraction of sp³-hybridized carbons (Fsp3) is 0.333. The second-order valence-corrected chi connectivity index (χ2v) is 5.89. The van der Waals surface area contributed by atoms with E-state index in [0.29, 0.717) is 6.42 Å². The van der Waals surface area contributed by atoms with E-state index in [9.17, 15) is 5.11 Å². The first-order valence-electron chi connectivity index (χ1n) is 5.28. The molecule has 5 heteroatoms. The smallest absolute Gasteiger partial charge is 0.0857 e. The minimum absolute atomic E-state index is 0.519. The van der Waals surface area contributed by atoms with Crippen molar-refractivity contribution in [1.82, 2.24) is 10.2 Å². The lowest BCUT2D eigenvalue weighted by atomic mass is 10.0. The number of thiophene rings is 1. The van der Waals surface area contributed by atoms with Crippen molar-refractivity contribution in [2.24, 2.45) is 0 Å². The summed E-state index contributed by atoms with van der Waals surface area (Å²) in [5.74, 6) is 0. The topological polar surface area (TPSA) is 46.0 Å². The molecule has 2 aromatic rings. The molecule has 2 heterocycles. The van der Waals surface area contributed by atoms with Gasteiger partial charge < -0.3 is 5.11 Å². The predicted octanol–water partition coefficient (Wildman–Crippen LogP) is 3.19. The number of rotatable bonds is 3. The van der Waals surface area contributed by atoms with Gasteiger partial charge in [-0.05, 0) is 41.9 Å². The summed E-state index contributed by atoms with van der Waals surface area (Å²) in [6, 6.07) is 3.93. The lowest BCUT2D eigenvalue weighted by Crippen LogP contribution is -2.06. The Kier molecular flexibility index (Phi) is 3.91. The molecule has 17 heavy (non-hydrogen) atoms. The van der Waals surface area contributed by atoms with Crippen molar-refractivity contribution in [3.05, 3.63) is 43.8 Å². The molecule has 1 unspecified atom stereocenters. The SMILES string of the molecule is Cc1cc(C(O)Cc2cc(Br)cs2)c(C)nn1. The Morgan fingerprint density at radius 2 is 2.12 bits per heavy atom. The summed E-state index contributed by atoms with van der Waals surface area (Å²) in [6.45, 7) is 3.75. The van der Waals surface area contributed by atoms with Gasteiger partial charge in [-0.2, -0.15) is 10.2 Å². The summed E-state index contributed by atoms with van der Waals surface area (Å²) in [7, 11) is 0. The molecule has 0 aliphatic heterocycles. The van der Waals surface area contributed by atoms with Crippen LogP contribution in [0.5, 0.6) is 0 Å². The number of aliphatic hydroxyl groups is 1. The average Bonchev–Trinajstić information content (AvgIpc) is 2.67. The maximum Gasteiger partial charge on any atom is 0.0857 e. The van der Waals surface area contributed by atoms with Gasteiger partial charge in [0.1, 0.15) is 0 Å². The number of nitrogens with zero attached hydrogens (tertiary/aromatic N) is 2. The summed E-state index contributed by atoms with van der Waals surface area (Å²) in [6.07, 6.45) is 0.0946. The van der Waals surface area contributed by atoms with Gasteiger partial charge in [-0.15, -0.1) is 11.3 Å². The summed E-state index contributed by atoms with van der Waals surface area (Å²) >= 11 is 5.05. The zero-order valence-electron chi connectivity index (χ0n) is 9.64. The predicted molar refractivity (Wildman–Crippen MR) is 72.2 cm³/mol. The highest BCUT2D eigenvalue weighted by Crippen LogP contribution is 2.26. The van der Waals surface area contributed by atoms with Crippen LogP contribution in [0.4, 0.5) is 0 Å². The molecular formula is C12H13BrN2OS. The van der Waals surface area contributed by atoms with Gasteiger partial charge in [0.15, 0.2) is 0 Å². The van der Waals surface area contributed by atoms with Crippen LogP contribution in [0.2, 0.25) is 0 Å². The maximum absolute atomic E-state index is 10.2. The highest BCUT2D eigenvalue weighted by molar-refractivity contribution is 9.10. The standard InChI is InChI=1S/C12H13BrN2OS/c1-7-3-11(8(2)15-14-7)12(16)5-10-4-9(13)6-17-10/h3-4,6,12,16H,5H2,1-2H3. The molecule has 0 radical (unpaired) electrons. The van der Waals surface area contributed by atoms with E-state index < -0.39 is 6.10 Å². The monoisotopic (exact) mass is 312 g/mol. The third-order valence-corrected chi connectivity index (χ3v) is 4.24. The molecule has 0 saturated carbocycles. The molecule has 0 aliphatic rings. The number of halogens is 1. The second-order valence-electron chi connectivity index (χ2n) is 3.98. The molecule has 1 atom stereocenters. The molecular weight excluding hydrogens is 300 g/mol. The van der Waals surface area contributed by atoms with Gasteiger partial charge in [-0.25, -0.2) is 0 Å². The summed E-state index contributed by atoms with van der Waals surface area (Å²) < 4.78 is 1.06. The van der Waals surface area contributed by atoms with Gasteiger partial charge in [0, 0.05) is 26.7 Å². The van der Waals surface area contributed by atoms with Crippen LogP contribution < -0.4 is 0 Å². The van der Waals surface area contributed by atoms with Gasteiger partial charge >= 0.3 is 0 Å². The molecule has 0 aromatic carbocycles. The zero-order valence-corrected chi connectivity index (χ0v) is 12.0. The number of hydrogen-bond acceptors (Lipinski definition) is 4.